The molecule has 1 aromatic carbocycles. The number of hydrogen-bond donors (Lipinski definition) is 1. The topological polar surface area (TPSA) is 28.2 Å². The lowest BCUT2D eigenvalue weighted by Gasteiger charge is -2.35. The van der Waals surface area contributed by atoms with E-state index in [1.54, 1.807) is 6.07 Å². The van der Waals surface area contributed by atoms with Crippen LogP contribution in [0.1, 0.15) is 18.2 Å². The van der Waals surface area contributed by atoms with Crippen molar-refractivity contribution in [1.29, 1.82) is 0 Å². The molecule has 1 saturated heterocycles. The number of halogens is 5. The Hall–Kier alpha value is -1.08. The van der Waals surface area contributed by atoms with Crippen molar-refractivity contribution in [3.8, 4) is 0 Å². The molecular formula is C16H20Cl2F3N3. The van der Waals surface area contributed by atoms with Gasteiger partial charge in [-0.3, -0.25) is 9.88 Å². The van der Waals surface area contributed by atoms with Crippen LogP contribution in [0.2, 0.25) is 0 Å². The second-order valence-electron chi connectivity index (χ2n) is 5.55. The van der Waals surface area contributed by atoms with Crippen LogP contribution in [0.4, 0.5) is 13.2 Å². The van der Waals surface area contributed by atoms with Gasteiger partial charge in [0.15, 0.2) is 0 Å². The first-order chi connectivity index (χ1) is 10.5. The molecule has 1 aliphatic heterocycles. The van der Waals surface area contributed by atoms with Crippen LogP contribution >= 0.6 is 24.8 Å². The third kappa shape index (κ3) is 5.21. The number of nitrogens with zero attached hydrogens (tertiary/aromatic N) is 2. The van der Waals surface area contributed by atoms with Gasteiger partial charge in [-0.25, -0.2) is 0 Å². The average Bonchev–Trinajstić information content (AvgIpc) is 2.52. The van der Waals surface area contributed by atoms with Crippen molar-refractivity contribution < 1.29 is 13.2 Å². The Balaban J connectivity index is 0.00000144. The zero-order valence-electron chi connectivity index (χ0n) is 12.9. The van der Waals surface area contributed by atoms with Gasteiger partial charge >= 0.3 is 6.18 Å². The molecule has 0 amide bonds. The van der Waals surface area contributed by atoms with Crippen molar-refractivity contribution in [2.24, 2.45) is 0 Å². The number of piperazine rings is 1. The fourth-order valence-corrected chi connectivity index (χ4v) is 2.90. The first-order valence-electron chi connectivity index (χ1n) is 7.40. The summed E-state index contributed by atoms with van der Waals surface area (Å²) in [5.41, 5.74) is 1.24. The molecule has 0 unspecified atom stereocenters. The van der Waals surface area contributed by atoms with E-state index < -0.39 is 18.6 Å². The number of alkyl halides is 3. The normalized spacial score (nSPS) is 17.0. The van der Waals surface area contributed by atoms with Gasteiger partial charge in [-0.2, -0.15) is 13.2 Å². The average molecular weight is 382 g/mol. The van der Waals surface area contributed by atoms with Crippen molar-refractivity contribution >= 4 is 35.7 Å². The molecule has 0 bridgehead atoms. The van der Waals surface area contributed by atoms with Gasteiger partial charge in [-0.1, -0.05) is 24.3 Å². The highest BCUT2D eigenvalue weighted by molar-refractivity contribution is 5.85. The van der Waals surface area contributed by atoms with E-state index in [1.165, 1.54) is 0 Å². The maximum atomic E-state index is 13.0. The Bertz CT molecular complexity index is 646. The van der Waals surface area contributed by atoms with E-state index >= 15 is 0 Å². The molecular weight excluding hydrogens is 362 g/mol. The Kier molecular flexibility index (Phi) is 7.73. The molecule has 0 spiro atoms. The van der Waals surface area contributed by atoms with Crippen LogP contribution < -0.4 is 5.32 Å². The van der Waals surface area contributed by atoms with E-state index in [2.05, 4.69) is 10.3 Å². The molecule has 2 aromatic rings. The predicted molar refractivity (Wildman–Crippen MR) is 94.1 cm³/mol. The van der Waals surface area contributed by atoms with Crippen molar-refractivity contribution in [2.75, 3.05) is 26.2 Å². The molecule has 0 radical (unpaired) electrons. The van der Waals surface area contributed by atoms with Crippen LogP contribution in [0.15, 0.2) is 36.4 Å². The predicted octanol–water partition coefficient (Wildman–Crippen LogP) is 3.98. The van der Waals surface area contributed by atoms with Gasteiger partial charge in [0.2, 0.25) is 0 Å². The van der Waals surface area contributed by atoms with E-state index in [0.29, 0.717) is 31.9 Å². The molecule has 0 saturated carbocycles. The second-order valence-corrected chi connectivity index (χ2v) is 5.55. The molecule has 1 N–H and O–H groups in total. The molecule has 1 fully saturated rings. The fourth-order valence-electron chi connectivity index (χ4n) is 2.90. The fraction of sp³-hybridized carbons (Fsp3) is 0.438. The summed E-state index contributed by atoms with van der Waals surface area (Å²) in [5.74, 6) is 0. The minimum Gasteiger partial charge on any atom is -0.314 e. The number of aromatic nitrogens is 1. The van der Waals surface area contributed by atoms with E-state index in [-0.39, 0.29) is 24.8 Å². The SMILES string of the molecule is Cl.Cl.FC(F)(F)C[C@@H](c1ccc2ccccc2n1)N1CCNCC1. The van der Waals surface area contributed by atoms with Crippen LogP contribution in [0.3, 0.4) is 0 Å². The Labute approximate surface area is 151 Å². The van der Waals surface area contributed by atoms with Crippen LogP contribution in [-0.4, -0.2) is 42.2 Å². The summed E-state index contributed by atoms with van der Waals surface area (Å²) in [6, 6.07) is 10.4. The van der Waals surface area contributed by atoms with Crippen LogP contribution in [0.25, 0.3) is 10.9 Å². The van der Waals surface area contributed by atoms with Crippen LogP contribution in [0, 0.1) is 0 Å². The Morgan fingerprint density at radius 2 is 1.71 bits per heavy atom. The molecule has 8 heteroatoms. The zero-order valence-corrected chi connectivity index (χ0v) is 14.6. The number of fused-ring (bicyclic) bond motifs is 1. The van der Waals surface area contributed by atoms with Crippen LogP contribution in [-0.2, 0) is 0 Å². The molecule has 1 aliphatic rings. The molecule has 24 heavy (non-hydrogen) atoms. The maximum Gasteiger partial charge on any atom is 0.391 e. The molecule has 2 heterocycles. The summed E-state index contributed by atoms with van der Waals surface area (Å²) < 4.78 is 39.0. The van der Waals surface area contributed by atoms with Crippen LogP contribution in [0.5, 0.6) is 0 Å². The third-order valence-corrected chi connectivity index (χ3v) is 3.98. The van der Waals surface area contributed by atoms with Crippen molar-refractivity contribution in [2.45, 2.75) is 18.6 Å². The van der Waals surface area contributed by atoms with Gasteiger partial charge < -0.3 is 5.32 Å². The first-order valence-corrected chi connectivity index (χ1v) is 7.40. The zero-order chi connectivity index (χ0) is 15.6. The number of rotatable bonds is 3. The van der Waals surface area contributed by atoms with Gasteiger partial charge in [0.05, 0.1) is 23.7 Å². The number of benzene rings is 1. The van der Waals surface area contributed by atoms with Gasteiger partial charge in [0.25, 0.3) is 0 Å². The van der Waals surface area contributed by atoms with Gasteiger partial charge in [-0.05, 0) is 12.1 Å². The number of nitrogens with one attached hydrogen (secondary N) is 1. The summed E-state index contributed by atoms with van der Waals surface area (Å²) >= 11 is 0. The molecule has 134 valence electrons. The standard InChI is InChI=1S/C16H18F3N3.2ClH/c17-16(18,19)11-15(22-9-7-20-8-10-22)14-6-5-12-3-1-2-4-13(12)21-14;;/h1-6,15,20H,7-11H2;2*1H/t15-;;/m0../s1. The first kappa shape index (κ1) is 21.0. The second kappa shape index (κ2) is 8.85. The molecule has 1 aromatic heterocycles. The lowest BCUT2D eigenvalue weighted by Crippen LogP contribution is -2.46. The Morgan fingerprint density at radius 1 is 1.04 bits per heavy atom. The molecule has 1 atom stereocenters. The van der Waals surface area contributed by atoms with Gasteiger partial charge in [-0.15, -0.1) is 24.8 Å². The highest BCUT2D eigenvalue weighted by atomic mass is 35.5. The summed E-state index contributed by atoms with van der Waals surface area (Å²) in [5, 5.41) is 4.11. The summed E-state index contributed by atoms with van der Waals surface area (Å²) in [4.78, 5) is 6.35. The smallest absolute Gasteiger partial charge is 0.314 e. The minimum atomic E-state index is -4.21. The largest absolute Gasteiger partial charge is 0.391 e. The molecule has 0 aliphatic carbocycles. The maximum absolute atomic E-state index is 13.0. The lowest BCUT2D eigenvalue weighted by molar-refractivity contribution is -0.149. The number of para-hydroxylation sites is 1. The highest BCUT2D eigenvalue weighted by Gasteiger charge is 2.36. The van der Waals surface area contributed by atoms with E-state index in [0.717, 1.165) is 10.9 Å². The summed E-state index contributed by atoms with van der Waals surface area (Å²) in [7, 11) is 0. The molecule has 3 rings (SSSR count). The van der Waals surface area contributed by atoms with E-state index in [9.17, 15) is 13.2 Å². The Morgan fingerprint density at radius 3 is 2.38 bits per heavy atom. The summed E-state index contributed by atoms with van der Waals surface area (Å²) in [6.07, 6.45) is -5.07. The number of hydrogen-bond acceptors (Lipinski definition) is 3. The quantitative estimate of drug-likeness (QED) is 0.871. The van der Waals surface area contributed by atoms with Crippen molar-refractivity contribution in [3.05, 3.63) is 42.1 Å². The monoisotopic (exact) mass is 381 g/mol. The third-order valence-electron chi connectivity index (χ3n) is 3.98. The lowest BCUT2D eigenvalue weighted by atomic mass is 10.0. The van der Waals surface area contributed by atoms with E-state index in [1.807, 2.05) is 35.2 Å². The van der Waals surface area contributed by atoms with Gasteiger partial charge in [0.1, 0.15) is 0 Å². The van der Waals surface area contributed by atoms with Crippen molar-refractivity contribution in [3.63, 3.8) is 0 Å². The van der Waals surface area contributed by atoms with E-state index in [4.69, 9.17) is 0 Å². The highest BCUT2D eigenvalue weighted by Crippen LogP contribution is 2.33. The summed E-state index contributed by atoms with van der Waals surface area (Å²) in [6.45, 7) is 2.63. The minimum absolute atomic E-state index is 0. The molecule has 3 nitrogen and oxygen atoms in total. The number of pyridine rings is 1. The van der Waals surface area contributed by atoms with Crippen molar-refractivity contribution in [1.82, 2.24) is 15.2 Å². The van der Waals surface area contributed by atoms with Gasteiger partial charge in [0, 0.05) is 31.6 Å².